The van der Waals surface area contributed by atoms with Gasteiger partial charge in [-0.15, -0.1) is 4.37 Å². The van der Waals surface area contributed by atoms with Gasteiger partial charge in [-0.2, -0.15) is 4.37 Å². The van der Waals surface area contributed by atoms with Gasteiger partial charge in [-0.3, -0.25) is 0 Å². The lowest BCUT2D eigenvalue weighted by Crippen LogP contribution is -1.89. The standard InChI is InChI=1S/C9H6ClFN2OS/c1-5-2-3-6(11)4-7(5)14-9-8(10)12-15-13-9/h2-4H,1H3. The van der Waals surface area contributed by atoms with Crippen LogP contribution in [0.2, 0.25) is 5.15 Å². The smallest absolute Gasteiger partial charge is 0.270 e. The Labute approximate surface area is 94.8 Å². The van der Waals surface area contributed by atoms with Crippen molar-refractivity contribution in [3.05, 3.63) is 34.7 Å². The first-order valence-electron chi connectivity index (χ1n) is 4.09. The van der Waals surface area contributed by atoms with Gasteiger partial charge >= 0.3 is 0 Å². The molecular formula is C9H6ClFN2OS. The monoisotopic (exact) mass is 244 g/mol. The van der Waals surface area contributed by atoms with Gasteiger partial charge in [0.15, 0.2) is 0 Å². The van der Waals surface area contributed by atoms with Crippen LogP contribution in [0.4, 0.5) is 4.39 Å². The summed E-state index contributed by atoms with van der Waals surface area (Å²) in [4.78, 5) is 0. The van der Waals surface area contributed by atoms with Crippen LogP contribution in [-0.2, 0) is 0 Å². The van der Waals surface area contributed by atoms with Gasteiger partial charge in [0.1, 0.15) is 11.6 Å². The van der Waals surface area contributed by atoms with Gasteiger partial charge in [0.25, 0.3) is 5.88 Å². The van der Waals surface area contributed by atoms with Gasteiger partial charge in [-0.05, 0) is 18.6 Å². The Kier molecular flexibility index (Phi) is 2.83. The largest absolute Gasteiger partial charge is 0.435 e. The number of hydrogen-bond acceptors (Lipinski definition) is 4. The van der Waals surface area contributed by atoms with Crippen LogP contribution in [0.5, 0.6) is 11.6 Å². The Morgan fingerprint density at radius 1 is 1.40 bits per heavy atom. The van der Waals surface area contributed by atoms with Crippen molar-refractivity contribution in [3.63, 3.8) is 0 Å². The topological polar surface area (TPSA) is 35.0 Å². The molecule has 3 nitrogen and oxygen atoms in total. The highest BCUT2D eigenvalue weighted by Gasteiger charge is 2.10. The Bertz CT molecular complexity index is 489. The van der Waals surface area contributed by atoms with Crippen LogP contribution >= 0.6 is 23.3 Å². The lowest BCUT2D eigenvalue weighted by Gasteiger charge is -2.05. The summed E-state index contributed by atoms with van der Waals surface area (Å²) >= 11 is 6.64. The Morgan fingerprint density at radius 2 is 2.20 bits per heavy atom. The molecule has 0 saturated carbocycles. The van der Waals surface area contributed by atoms with Crippen LogP contribution in [0.1, 0.15) is 5.56 Å². The molecule has 0 aliphatic rings. The van der Waals surface area contributed by atoms with Gasteiger partial charge in [-0.1, -0.05) is 17.7 Å². The molecule has 6 heteroatoms. The maximum Gasteiger partial charge on any atom is 0.270 e. The van der Waals surface area contributed by atoms with Gasteiger partial charge in [0, 0.05) is 6.07 Å². The summed E-state index contributed by atoms with van der Waals surface area (Å²) in [5, 5.41) is 0.184. The molecule has 0 fully saturated rings. The number of aromatic nitrogens is 2. The molecule has 1 aromatic heterocycles. The number of rotatable bonds is 2. The van der Waals surface area contributed by atoms with E-state index < -0.39 is 0 Å². The van der Waals surface area contributed by atoms with Crippen molar-refractivity contribution in [2.24, 2.45) is 0 Å². The maximum absolute atomic E-state index is 12.9. The normalized spacial score (nSPS) is 10.3. The van der Waals surface area contributed by atoms with E-state index in [-0.39, 0.29) is 16.9 Å². The number of nitrogens with zero attached hydrogens (tertiary/aromatic N) is 2. The Hall–Kier alpha value is -1.20. The van der Waals surface area contributed by atoms with E-state index >= 15 is 0 Å². The molecule has 0 radical (unpaired) electrons. The maximum atomic E-state index is 12.9. The third-order valence-corrected chi connectivity index (χ3v) is 2.64. The van der Waals surface area contributed by atoms with E-state index in [0.29, 0.717) is 5.75 Å². The van der Waals surface area contributed by atoms with Crippen LogP contribution < -0.4 is 4.74 Å². The summed E-state index contributed by atoms with van der Waals surface area (Å²) in [5.41, 5.74) is 0.806. The minimum Gasteiger partial charge on any atom is -0.435 e. The second-order valence-electron chi connectivity index (χ2n) is 2.87. The van der Waals surface area contributed by atoms with Crippen molar-refractivity contribution >= 4 is 23.3 Å². The minimum atomic E-state index is -0.366. The van der Waals surface area contributed by atoms with Crippen LogP contribution in [0.15, 0.2) is 18.2 Å². The van der Waals surface area contributed by atoms with Crippen LogP contribution in [0.25, 0.3) is 0 Å². The van der Waals surface area contributed by atoms with E-state index in [9.17, 15) is 4.39 Å². The zero-order valence-corrected chi connectivity index (χ0v) is 9.27. The molecule has 0 atom stereocenters. The summed E-state index contributed by atoms with van der Waals surface area (Å²) in [5.74, 6) is 0.231. The van der Waals surface area contributed by atoms with Crippen LogP contribution in [-0.4, -0.2) is 8.75 Å². The summed E-state index contributed by atoms with van der Waals surface area (Å²) in [6.07, 6.45) is 0. The molecule has 1 heterocycles. The number of hydrogen-bond donors (Lipinski definition) is 0. The second-order valence-corrected chi connectivity index (χ2v) is 3.76. The molecule has 0 amide bonds. The predicted octanol–water partition coefficient (Wildman–Crippen LogP) is 3.43. The molecule has 0 aliphatic heterocycles. The second kappa shape index (κ2) is 4.12. The van der Waals surface area contributed by atoms with Crippen LogP contribution in [0, 0.1) is 12.7 Å². The first kappa shape index (κ1) is 10.3. The molecule has 0 saturated heterocycles. The number of halogens is 2. The third-order valence-electron chi connectivity index (χ3n) is 1.78. The number of ether oxygens (including phenoxy) is 1. The van der Waals surface area contributed by atoms with Crippen molar-refractivity contribution in [1.29, 1.82) is 0 Å². The fourth-order valence-corrected chi connectivity index (χ4v) is 1.63. The van der Waals surface area contributed by atoms with Crippen molar-refractivity contribution < 1.29 is 9.13 Å². The van der Waals surface area contributed by atoms with Crippen molar-refractivity contribution in [3.8, 4) is 11.6 Å². The molecule has 1 aromatic carbocycles. The van der Waals surface area contributed by atoms with Crippen molar-refractivity contribution in [2.45, 2.75) is 6.92 Å². The predicted molar refractivity (Wildman–Crippen MR) is 56.1 cm³/mol. The highest BCUT2D eigenvalue weighted by Crippen LogP contribution is 2.29. The zero-order valence-electron chi connectivity index (χ0n) is 7.70. The van der Waals surface area contributed by atoms with E-state index in [2.05, 4.69) is 8.75 Å². The first-order chi connectivity index (χ1) is 7.16. The lowest BCUT2D eigenvalue weighted by molar-refractivity contribution is 0.459. The Balaban J connectivity index is 2.32. The molecule has 2 rings (SSSR count). The third kappa shape index (κ3) is 2.24. The van der Waals surface area contributed by atoms with Gasteiger partial charge in [0.2, 0.25) is 5.15 Å². The zero-order chi connectivity index (χ0) is 10.8. The first-order valence-corrected chi connectivity index (χ1v) is 5.19. The van der Waals surface area contributed by atoms with E-state index in [1.165, 1.54) is 12.1 Å². The molecule has 0 spiro atoms. The average Bonchev–Trinajstić information content (AvgIpc) is 2.58. The SMILES string of the molecule is Cc1ccc(F)cc1Oc1nsnc1Cl. The van der Waals surface area contributed by atoms with E-state index in [1.807, 2.05) is 6.92 Å². The van der Waals surface area contributed by atoms with Gasteiger partial charge < -0.3 is 4.74 Å². The molecule has 0 unspecified atom stereocenters. The molecule has 0 N–H and O–H groups in total. The fraction of sp³-hybridized carbons (Fsp3) is 0.111. The van der Waals surface area contributed by atoms with Crippen LogP contribution in [0.3, 0.4) is 0 Å². The molecule has 78 valence electrons. The van der Waals surface area contributed by atoms with E-state index in [0.717, 1.165) is 17.3 Å². The summed E-state index contributed by atoms with van der Waals surface area (Å²) in [6, 6.07) is 4.27. The number of benzene rings is 1. The number of aryl methyl sites for hydroxylation is 1. The van der Waals surface area contributed by atoms with Gasteiger partial charge in [0.05, 0.1) is 11.7 Å². The minimum absolute atomic E-state index is 0.184. The highest BCUT2D eigenvalue weighted by atomic mass is 35.5. The van der Waals surface area contributed by atoms with E-state index in [1.54, 1.807) is 6.07 Å². The highest BCUT2D eigenvalue weighted by molar-refractivity contribution is 6.99. The summed E-state index contributed by atoms with van der Waals surface area (Å²) in [7, 11) is 0. The van der Waals surface area contributed by atoms with E-state index in [4.69, 9.17) is 16.3 Å². The Morgan fingerprint density at radius 3 is 2.87 bits per heavy atom. The molecule has 0 bridgehead atoms. The quantitative estimate of drug-likeness (QED) is 0.812. The lowest BCUT2D eigenvalue weighted by atomic mass is 10.2. The molecular weight excluding hydrogens is 239 g/mol. The van der Waals surface area contributed by atoms with Crippen molar-refractivity contribution in [2.75, 3.05) is 0 Å². The molecule has 0 aliphatic carbocycles. The van der Waals surface area contributed by atoms with Gasteiger partial charge in [-0.25, -0.2) is 4.39 Å². The molecule has 2 aromatic rings. The average molecular weight is 245 g/mol. The van der Waals surface area contributed by atoms with Crippen molar-refractivity contribution in [1.82, 2.24) is 8.75 Å². The fourth-order valence-electron chi connectivity index (χ4n) is 1.02. The summed E-state index contributed by atoms with van der Waals surface area (Å²) in [6.45, 7) is 1.81. The summed E-state index contributed by atoms with van der Waals surface area (Å²) < 4.78 is 25.8. The molecule has 15 heavy (non-hydrogen) atoms.